The summed E-state index contributed by atoms with van der Waals surface area (Å²) in [5.74, 6) is 4.38. The molecule has 2 aliphatic carbocycles. The maximum atomic E-state index is 4.59. The van der Waals surface area contributed by atoms with Crippen LogP contribution in [-0.4, -0.2) is 24.8 Å². The largest absolute Gasteiger partial charge is 0.267 e. The van der Waals surface area contributed by atoms with Gasteiger partial charge in [0.15, 0.2) is 0 Å². The van der Waals surface area contributed by atoms with E-state index >= 15 is 0 Å². The number of fused-ring (bicyclic) bond motifs is 2. The van der Waals surface area contributed by atoms with Crippen LogP contribution >= 0.6 is 0 Å². The summed E-state index contributed by atoms with van der Waals surface area (Å²) < 4.78 is 4.14. The Bertz CT molecular complexity index is 761. The van der Waals surface area contributed by atoms with E-state index in [2.05, 4.69) is 81.7 Å². The fourth-order valence-corrected chi connectivity index (χ4v) is 5.06. The van der Waals surface area contributed by atoms with Gasteiger partial charge in [-0.15, -0.1) is 5.10 Å². The van der Waals surface area contributed by atoms with Crippen molar-refractivity contribution in [2.75, 3.05) is 0 Å². The summed E-state index contributed by atoms with van der Waals surface area (Å²) in [6.45, 7) is 17.7. The molecule has 5 heteroatoms. The van der Waals surface area contributed by atoms with Gasteiger partial charge in [0.1, 0.15) is 0 Å². The molecule has 0 N–H and O–H groups in total. The summed E-state index contributed by atoms with van der Waals surface area (Å²) >= 11 is 0. The maximum Gasteiger partial charge on any atom is 0.0852 e. The second-order valence-electron chi connectivity index (χ2n) is 10.3. The molecule has 0 aromatic carbocycles. The van der Waals surface area contributed by atoms with Crippen molar-refractivity contribution < 1.29 is 0 Å². The maximum absolute atomic E-state index is 4.59. The first kappa shape index (κ1) is 24.6. The van der Waals surface area contributed by atoms with E-state index < -0.39 is 0 Å². The molecule has 0 saturated heterocycles. The number of hydrogen-bond acceptors (Lipinski definition) is 3. The van der Waals surface area contributed by atoms with Crippen molar-refractivity contribution in [1.29, 1.82) is 0 Å². The van der Waals surface area contributed by atoms with Gasteiger partial charge >= 0.3 is 0 Å². The molecule has 0 radical (unpaired) electrons. The van der Waals surface area contributed by atoms with Crippen LogP contribution in [0.4, 0.5) is 0 Å². The molecule has 3 unspecified atom stereocenters. The van der Waals surface area contributed by atoms with Gasteiger partial charge in [-0.2, -0.15) is 5.10 Å². The third kappa shape index (κ3) is 5.33. The lowest BCUT2D eigenvalue weighted by Gasteiger charge is -2.14. The number of hydrogen-bond donors (Lipinski definition) is 0. The Morgan fingerprint density at radius 2 is 1.53 bits per heavy atom. The van der Waals surface area contributed by atoms with E-state index in [1.807, 2.05) is 10.9 Å². The van der Waals surface area contributed by atoms with Gasteiger partial charge in [0.2, 0.25) is 0 Å². The van der Waals surface area contributed by atoms with Crippen LogP contribution in [-0.2, 0) is 12.8 Å². The summed E-state index contributed by atoms with van der Waals surface area (Å²) in [7, 11) is 0. The van der Waals surface area contributed by atoms with Gasteiger partial charge < -0.3 is 0 Å². The van der Waals surface area contributed by atoms with Gasteiger partial charge in [-0.3, -0.25) is 4.68 Å². The molecule has 0 bridgehead atoms. The average Bonchev–Trinajstić information content (AvgIpc) is 2.99. The van der Waals surface area contributed by atoms with Crippen molar-refractivity contribution in [2.24, 2.45) is 23.7 Å². The summed E-state index contributed by atoms with van der Waals surface area (Å²) in [4.78, 5) is 0. The molecule has 30 heavy (non-hydrogen) atoms. The van der Waals surface area contributed by atoms with Crippen molar-refractivity contribution in [3.63, 3.8) is 0 Å². The number of rotatable bonds is 4. The molecule has 4 rings (SSSR count). The molecule has 0 aliphatic heterocycles. The van der Waals surface area contributed by atoms with Crippen molar-refractivity contribution in [3.05, 3.63) is 29.3 Å². The Hall–Kier alpha value is -1.65. The number of aryl methyl sites for hydroxylation is 1. The predicted octanol–water partition coefficient (Wildman–Crippen LogP) is 6.48. The zero-order valence-corrected chi connectivity index (χ0v) is 19.8. The van der Waals surface area contributed by atoms with Gasteiger partial charge in [-0.25, -0.2) is 4.68 Å². The quantitative estimate of drug-likeness (QED) is 0.574. The van der Waals surface area contributed by atoms with Crippen LogP contribution < -0.4 is 0 Å². The molecule has 1 fully saturated rings. The molecular formula is C25H45N5. The van der Waals surface area contributed by atoms with Crippen molar-refractivity contribution in [3.8, 4) is 0 Å². The van der Waals surface area contributed by atoms with Gasteiger partial charge in [0, 0.05) is 24.0 Å². The van der Waals surface area contributed by atoms with Gasteiger partial charge in [0.05, 0.1) is 11.9 Å². The zero-order chi connectivity index (χ0) is 21.3. The Morgan fingerprint density at radius 3 is 2.00 bits per heavy atom. The number of aromatic nitrogens is 5. The molecule has 0 amide bonds. The topological polar surface area (TPSA) is 48.5 Å². The Balaban J connectivity index is 0.000000232. The van der Waals surface area contributed by atoms with E-state index in [9.17, 15) is 0 Å². The molecule has 2 aromatic heterocycles. The molecule has 2 heterocycles. The van der Waals surface area contributed by atoms with E-state index in [0.29, 0.717) is 18.0 Å². The average molecular weight is 416 g/mol. The van der Waals surface area contributed by atoms with E-state index in [1.54, 1.807) is 0 Å². The SMILES string of the molecule is C.CC(C)C1C2CCc3cnn(C(C)C)c3CCC21.CC(C)c1cn(C(C)C)nn1. The molecule has 170 valence electrons. The first-order valence-electron chi connectivity index (χ1n) is 11.7. The second kappa shape index (κ2) is 10.1. The fraction of sp³-hybridized carbons (Fsp3) is 0.800. The molecular weight excluding hydrogens is 370 g/mol. The third-order valence-electron chi connectivity index (χ3n) is 6.75. The highest BCUT2D eigenvalue weighted by molar-refractivity contribution is 5.21. The standard InChI is InChI=1S/C16H26N2.C8H15N3.CH4/c1-10(2)16-13-6-5-12-9-17-18(11(3)4)15(12)8-7-14(13)16;1-6(2)8-5-11(7(3)4)10-9-8;/h9-11,13-14,16H,5-8H2,1-4H3;5-7H,1-4H3;1H4. The van der Waals surface area contributed by atoms with Crippen molar-refractivity contribution >= 4 is 0 Å². The molecule has 2 aromatic rings. The molecule has 1 saturated carbocycles. The van der Waals surface area contributed by atoms with Gasteiger partial charge in [0.25, 0.3) is 0 Å². The van der Waals surface area contributed by atoms with E-state index in [0.717, 1.165) is 29.4 Å². The fourth-order valence-electron chi connectivity index (χ4n) is 5.06. The normalized spacial score (nSPS) is 22.7. The highest BCUT2D eigenvalue weighted by Crippen LogP contribution is 2.56. The lowest BCUT2D eigenvalue weighted by molar-refractivity contribution is 0.478. The zero-order valence-electron chi connectivity index (χ0n) is 19.8. The lowest BCUT2D eigenvalue weighted by atomic mass is 9.99. The predicted molar refractivity (Wildman–Crippen MR) is 126 cm³/mol. The minimum Gasteiger partial charge on any atom is -0.267 e. The third-order valence-corrected chi connectivity index (χ3v) is 6.75. The summed E-state index contributed by atoms with van der Waals surface area (Å²) in [6.07, 6.45) is 9.42. The van der Waals surface area contributed by atoms with Crippen LogP contribution in [0, 0.1) is 23.7 Å². The Labute approximate surface area is 184 Å². The summed E-state index contributed by atoms with van der Waals surface area (Å²) in [5.41, 5.74) is 4.12. The van der Waals surface area contributed by atoms with Crippen molar-refractivity contribution in [1.82, 2.24) is 24.8 Å². The van der Waals surface area contributed by atoms with Crippen LogP contribution in [0.3, 0.4) is 0 Å². The van der Waals surface area contributed by atoms with Crippen LogP contribution in [0.5, 0.6) is 0 Å². The van der Waals surface area contributed by atoms with Crippen LogP contribution in [0.2, 0.25) is 0 Å². The molecule has 0 spiro atoms. The Kier molecular flexibility index (Phi) is 8.29. The number of nitrogens with zero attached hydrogens (tertiary/aromatic N) is 5. The molecule has 3 atom stereocenters. The highest BCUT2D eigenvalue weighted by atomic mass is 15.4. The van der Waals surface area contributed by atoms with E-state index in [1.165, 1.54) is 36.9 Å². The summed E-state index contributed by atoms with van der Waals surface area (Å²) in [6, 6.07) is 0.916. The Morgan fingerprint density at radius 1 is 0.900 bits per heavy atom. The molecule has 5 nitrogen and oxygen atoms in total. The smallest absolute Gasteiger partial charge is 0.0852 e. The first-order chi connectivity index (χ1) is 13.7. The van der Waals surface area contributed by atoms with Crippen LogP contribution in [0.15, 0.2) is 12.4 Å². The van der Waals surface area contributed by atoms with Crippen LogP contribution in [0.1, 0.15) is 111 Å². The monoisotopic (exact) mass is 415 g/mol. The summed E-state index contributed by atoms with van der Waals surface area (Å²) in [5, 5.41) is 12.6. The van der Waals surface area contributed by atoms with E-state index in [-0.39, 0.29) is 7.43 Å². The minimum absolute atomic E-state index is 0. The van der Waals surface area contributed by atoms with Gasteiger partial charge in [-0.1, -0.05) is 40.3 Å². The van der Waals surface area contributed by atoms with E-state index in [4.69, 9.17) is 0 Å². The first-order valence-corrected chi connectivity index (χ1v) is 11.7. The van der Waals surface area contributed by atoms with Crippen molar-refractivity contribution in [2.45, 2.75) is 107 Å². The van der Waals surface area contributed by atoms with Crippen LogP contribution in [0.25, 0.3) is 0 Å². The minimum atomic E-state index is 0. The highest BCUT2D eigenvalue weighted by Gasteiger charge is 2.50. The second-order valence-corrected chi connectivity index (χ2v) is 10.3. The van der Waals surface area contributed by atoms with Gasteiger partial charge in [-0.05, 0) is 88.5 Å². The lowest BCUT2D eigenvalue weighted by Crippen LogP contribution is -2.10. The molecule has 2 aliphatic rings.